The number of benzene rings is 1. The van der Waals surface area contributed by atoms with E-state index in [1.165, 1.54) is 40.4 Å². The fourth-order valence-electron chi connectivity index (χ4n) is 3.08. The normalized spacial score (nSPS) is 16.2. The van der Waals surface area contributed by atoms with Gasteiger partial charge < -0.3 is 4.74 Å². The maximum atomic E-state index is 14.8. The molecule has 0 spiro atoms. The number of ether oxygens (including phenoxy) is 1. The fourth-order valence-corrected chi connectivity index (χ4v) is 3.59. The lowest BCUT2D eigenvalue weighted by atomic mass is 10.1. The van der Waals surface area contributed by atoms with Crippen molar-refractivity contribution < 1.29 is 18.3 Å². The summed E-state index contributed by atoms with van der Waals surface area (Å²) >= 11 is 1.50. The standard InChI is InChI=1S/C19H18F2N6O2S/c1-2-30-25-8-14-9-26(19(28)29-14)13-5-15(20)18(16(21)6-13)12-3-4-17(23-7-12)27-11-22-10-24-27/h3-7,10-11,14,25H,2,8-9H2,1H3/t14-/m1/s1. The average molecular weight is 432 g/mol. The molecule has 1 fully saturated rings. The minimum absolute atomic E-state index is 0.108. The van der Waals surface area contributed by atoms with Crippen LogP contribution in [-0.2, 0) is 4.74 Å². The molecule has 1 aliphatic heterocycles. The molecule has 4 rings (SSSR count). The number of carbonyl (C=O) groups excluding carboxylic acids is 1. The Morgan fingerprint density at radius 1 is 1.30 bits per heavy atom. The third kappa shape index (κ3) is 4.12. The van der Waals surface area contributed by atoms with Gasteiger partial charge in [0.1, 0.15) is 30.4 Å². The van der Waals surface area contributed by atoms with Crippen LogP contribution >= 0.6 is 11.9 Å². The van der Waals surface area contributed by atoms with Crippen molar-refractivity contribution in [1.82, 2.24) is 24.5 Å². The van der Waals surface area contributed by atoms with Crippen molar-refractivity contribution in [2.24, 2.45) is 0 Å². The number of aromatic nitrogens is 4. The van der Waals surface area contributed by atoms with Crippen LogP contribution in [-0.4, -0.2) is 50.8 Å². The lowest BCUT2D eigenvalue weighted by Gasteiger charge is -2.15. The van der Waals surface area contributed by atoms with Crippen molar-refractivity contribution in [2.45, 2.75) is 13.0 Å². The third-order valence-electron chi connectivity index (χ3n) is 4.46. The lowest BCUT2D eigenvalue weighted by molar-refractivity contribution is 0.143. The Bertz CT molecular complexity index is 1010. The largest absolute Gasteiger partial charge is 0.443 e. The van der Waals surface area contributed by atoms with Crippen molar-refractivity contribution in [3.63, 3.8) is 0 Å². The van der Waals surface area contributed by atoms with E-state index in [2.05, 4.69) is 19.8 Å². The molecule has 2 aromatic heterocycles. The van der Waals surface area contributed by atoms with E-state index in [-0.39, 0.29) is 23.4 Å². The van der Waals surface area contributed by atoms with Crippen LogP contribution in [0, 0.1) is 11.6 Å². The summed E-state index contributed by atoms with van der Waals surface area (Å²) in [7, 11) is 0. The van der Waals surface area contributed by atoms with Crippen LogP contribution in [0.25, 0.3) is 16.9 Å². The molecule has 11 heteroatoms. The third-order valence-corrected chi connectivity index (χ3v) is 5.12. The summed E-state index contributed by atoms with van der Waals surface area (Å²) in [5, 5.41) is 3.96. The summed E-state index contributed by atoms with van der Waals surface area (Å²) in [4.78, 5) is 21.4. The minimum atomic E-state index is -0.795. The van der Waals surface area contributed by atoms with Gasteiger partial charge in [0.15, 0.2) is 5.82 Å². The number of nitrogens with zero attached hydrogens (tertiary/aromatic N) is 5. The maximum Gasteiger partial charge on any atom is 0.414 e. The summed E-state index contributed by atoms with van der Waals surface area (Å²) in [5.74, 6) is -0.251. The Labute approximate surface area is 175 Å². The van der Waals surface area contributed by atoms with Gasteiger partial charge in [-0.25, -0.2) is 28.2 Å². The quantitative estimate of drug-likeness (QED) is 0.453. The van der Waals surface area contributed by atoms with E-state index in [1.807, 2.05) is 6.92 Å². The molecule has 1 aliphatic rings. The Hall–Kier alpha value is -3.05. The Morgan fingerprint density at radius 2 is 2.10 bits per heavy atom. The van der Waals surface area contributed by atoms with Gasteiger partial charge in [-0.3, -0.25) is 9.62 Å². The molecule has 0 unspecified atom stereocenters. The highest BCUT2D eigenvalue weighted by atomic mass is 32.2. The van der Waals surface area contributed by atoms with Crippen LogP contribution in [0.15, 0.2) is 43.1 Å². The molecule has 1 atom stereocenters. The second-order valence-corrected chi connectivity index (χ2v) is 7.58. The predicted octanol–water partition coefficient (Wildman–Crippen LogP) is 3.19. The van der Waals surface area contributed by atoms with Crippen LogP contribution in [0.2, 0.25) is 0 Å². The Kier molecular flexibility index (Phi) is 5.91. The molecule has 0 saturated carbocycles. The second-order valence-electron chi connectivity index (χ2n) is 6.43. The first kappa shape index (κ1) is 20.2. The van der Waals surface area contributed by atoms with Crippen LogP contribution in [0.4, 0.5) is 19.3 Å². The number of pyridine rings is 1. The topological polar surface area (TPSA) is 85.2 Å². The molecule has 156 valence electrons. The van der Waals surface area contributed by atoms with Gasteiger partial charge in [0.2, 0.25) is 0 Å². The van der Waals surface area contributed by atoms with Gasteiger partial charge in [0.25, 0.3) is 0 Å². The molecule has 30 heavy (non-hydrogen) atoms. The van der Waals surface area contributed by atoms with Gasteiger partial charge in [-0.05, 0) is 24.3 Å². The fraction of sp³-hybridized carbons (Fsp3) is 0.263. The van der Waals surface area contributed by atoms with E-state index < -0.39 is 23.8 Å². The summed E-state index contributed by atoms with van der Waals surface area (Å²) in [5.41, 5.74) is 0.154. The number of hydrogen-bond acceptors (Lipinski definition) is 7. The zero-order chi connectivity index (χ0) is 21.1. The van der Waals surface area contributed by atoms with E-state index in [1.54, 1.807) is 12.1 Å². The molecule has 3 aromatic rings. The molecular formula is C19H18F2N6O2S. The predicted molar refractivity (Wildman–Crippen MR) is 108 cm³/mol. The van der Waals surface area contributed by atoms with Crippen LogP contribution < -0.4 is 9.62 Å². The minimum Gasteiger partial charge on any atom is -0.443 e. The maximum absolute atomic E-state index is 14.8. The first-order valence-electron chi connectivity index (χ1n) is 9.20. The molecule has 8 nitrogen and oxygen atoms in total. The van der Waals surface area contributed by atoms with Crippen LogP contribution in [0.5, 0.6) is 0 Å². The lowest BCUT2D eigenvalue weighted by Crippen LogP contribution is -2.28. The highest BCUT2D eigenvalue weighted by Gasteiger charge is 2.33. The van der Waals surface area contributed by atoms with Gasteiger partial charge in [-0.15, -0.1) is 0 Å². The van der Waals surface area contributed by atoms with Crippen molar-refractivity contribution in [1.29, 1.82) is 0 Å². The van der Waals surface area contributed by atoms with Gasteiger partial charge in [0, 0.05) is 24.1 Å². The average Bonchev–Trinajstić information content (AvgIpc) is 3.38. The molecule has 1 aromatic carbocycles. The first-order chi connectivity index (χ1) is 14.6. The number of carbonyl (C=O) groups is 1. The zero-order valence-corrected chi connectivity index (χ0v) is 16.8. The first-order valence-corrected chi connectivity index (χ1v) is 10.2. The zero-order valence-electron chi connectivity index (χ0n) is 16.0. The van der Waals surface area contributed by atoms with Crippen LogP contribution in [0.1, 0.15) is 6.92 Å². The SMILES string of the molecule is CCSNC[C@@H]1CN(c2cc(F)c(-c3ccc(-n4cncn4)nc3)c(F)c2)C(=O)O1. The molecule has 1 N–H and O–H groups in total. The number of anilines is 1. The van der Waals surface area contributed by atoms with E-state index in [0.717, 1.165) is 17.9 Å². The number of nitrogens with one attached hydrogen (secondary N) is 1. The van der Waals surface area contributed by atoms with Crippen molar-refractivity contribution >= 4 is 23.7 Å². The summed E-state index contributed by atoms with van der Waals surface area (Å²) < 4.78 is 39.4. The highest BCUT2D eigenvalue weighted by Crippen LogP contribution is 2.32. The molecule has 0 bridgehead atoms. The highest BCUT2D eigenvalue weighted by molar-refractivity contribution is 7.97. The van der Waals surface area contributed by atoms with Crippen LogP contribution in [0.3, 0.4) is 0 Å². The van der Waals surface area contributed by atoms with E-state index in [0.29, 0.717) is 12.4 Å². The number of amides is 1. The number of cyclic esters (lactones) is 1. The second kappa shape index (κ2) is 8.76. The van der Waals surface area contributed by atoms with Crippen molar-refractivity contribution in [2.75, 3.05) is 23.7 Å². The molecule has 1 amide bonds. The Morgan fingerprint density at radius 3 is 2.73 bits per heavy atom. The molecular weight excluding hydrogens is 414 g/mol. The van der Waals surface area contributed by atoms with E-state index >= 15 is 0 Å². The summed E-state index contributed by atoms with van der Waals surface area (Å²) in [6.45, 7) is 2.66. The van der Waals surface area contributed by atoms with Gasteiger partial charge in [0.05, 0.1) is 17.8 Å². The van der Waals surface area contributed by atoms with Gasteiger partial charge >= 0.3 is 6.09 Å². The van der Waals surface area contributed by atoms with Crippen molar-refractivity contribution in [3.8, 4) is 16.9 Å². The molecule has 0 radical (unpaired) electrons. The summed E-state index contributed by atoms with van der Waals surface area (Å²) in [6, 6.07) is 5.38. The number of halogens is 2. The number of rotatable bonds is 7. The van der Waals surface area contributed by atoms with E-state index in [9.17, 15) is 13.6 Å². The molecule has 3 heterocycles. The van der Waals surface area contributed by atoms with Gasteiger partial charge in [-0.2, -0.15) is 5.10 Å². The van der Waals surface area contributed by atoms with Gasteiger partial charge in [-0.1, -0.05) is 18.9 Å². The monoisotopic (exact) mass is 432 g/mol. The van der Waals surface area contributed by atoms with Crippen molar-refractivity contribution in [3.05, 3.63) is 54.8 Å². The number of hydrogen-bond donors (Lipinski definition) is 1. The summed E-state index contributed by atoms with van der Waals surface area (Å²) in [6.07, 6.45) is 3.16. The molecule has 1 saturated heterocycles. The van der Waals surface area contributed by atoms with E-state index in [4.69, 9.17) is 4.74 Å². The smallest absolute Gasteiger partial charge is 0.414 e. The molecule has 0 aliphatic carbocycles. The Balaban J connectivity index is 1.54.